The Bertz CT molecular complexity index is 1100. The Hall–Kier alpha value is -3.23. The van der Waals surface area contributed by atoms with E-state index in [1.165, 1.54) is 4.68 Å². The van der Waals surface area contributed by atoms with Gasteiger partial charge < -0.3 is 14.8 Å². The molecule has 8 heteroatoms. The van der Waals surface area contributed by atoms with Crippen molar-refractivity contribution in [1.82, 2.24) is 20.0 Å². The molecular weight excluding hydrogens is 396 g/mol. The quantitative estimate of drug-likeness (QED) is 0.620. The minimum atomic E-state index is -0.150. The molecule has 1 N–H and O–H groups in total. The molecule has 3 aromatic rings. The molecule has 31 heavy (non-hydrogen) atoms. The Kier molecular flexibility index (Phi) is 6.59. The molecule has 162 valence electrons. The Morgan fingerprint density at radius 3 is 2.55 bits per heavy atom. The molecule has 1 fully saturated rings. The summed E-state index contributed by atoms with van der Waals surface area (Å²) in [5.41, 5.74) is 1.47. The average molecular weight is 422 g/mol. The first-order valence-electron chi connectivity index (χ1n) is 10.4. The summed E-state index contributed by atoms with van der Waals surface area (Å²) in [4.78, 5) is 26.6. The first-order valence-corrected chi connectivity index (χ1v) is 10.4. The SMILES string of the molecule is Cn1nc(-c2ccc(OCC(=O)NCCN3CCOCC3)cc2)c2ccccc2c1=O. The predicted molar refractivity (Wildman–Crippen MR) is 118 cm³/mol. The van der Waals surface area contributed by atoms with Crippen LogP contribution in [0.2, 0.25) is 0 Å². The zero-order valence-corrected chi connectivity index (χ0v) is 17.5. The van der Waals surface area contributed by atoms with Crippen molar-refractivity contribution in [2.45, 2.75) is 0 Å². The van der Waals surface area contributed by atoms with E-state index >= 15 is 0 Å². The van der Waals surface area contributed by atoms with Gasteiger partial charge in [-0.1, -0.05) is 18.2 Å². The van der Waals surface area contributed by atoms with E-state index in [0.717, 1.165) is 49.5 Å². The van der Waals surface area contributed by atoms with Crippen LogP contribution >= 0.6 is 0 Å². The molecule has 2 heterocycles. The molecule has 2 aromatic carbocycles. The summed E-state index contributed by atoms with van der Waals surface area (Å²) in [7, 11) is 1.65. The molecule has 0 saturated carbocycles. The van der Waals surface area contributed by atoms with Gasteiger partial charge in [0.15, 0.2) is 6.61 Å². The number of rotatable bonds is 7. The zero-order valence-electron chi connectivity index (χ0n) is 17.5. The number of hydrogen-bond acceptors (Lipinski definition) is 6. The minimum absolute atomic E-state index is 0.0382. The lowest BCUT2D eigenvalue weighted by atomic mass is 10.1. The van der Waals surface area contributed by atoms with Crippen molar-refractivity contribution in [1.29, 1.82) is 0 Å². The molecule has 0 atom stereocenters. The molecule has 0 bridgehead atoms. The van der Waals surface area contributed by atoms with E-state index in [4.69, 9.17) is 9.47 Å². The van der Waals surface area contributed by atoms with Crippen LogP contribution in [0.5, 0.6) is 5.75 Å². The number of aromatic nitrogens is 2. The number of nitrogens with zero attached hydrogens (tertiary/aromatic N) is 3. The molecule has 0 spiro atoms. The second-order valence-electron chi connectivity index (χ2n) is 7.44. The Morgan fingerprint density at radius 1 is 1.10 bits per heavy atom. The van der Waals surface area contributed by atoms with Crippen LogP contribution in [0.1, 0.15) is 0 Å². The lowest BCUT2D eigenvalue weighted by Gasteiger charge is -2.26. The molecule has 1 aliphatic rings. The zero-order chi connectivity index (χ0) is 21.6. The maximum absolute atomic E-state index is 12.3. The van der Waals surface area contributed by atoms with Crippen molar-refractivity contribution < 1.29 is 14.3 Å². The summed E-state index contributed by atoms with van der Waals surface area (Å²) in [6, 6.07) is 14.8. The van der Waals surface area contributed by atoms with Gasteiger partial charge in [-0.15, -0.1) is 0 Å². The topological polar surface area (TPSA) is 85.7 Å². The summed E-state index contributed by atoms with van der Waals surface area (Å²) in [6.07, 6.45) is 0. The number of benzene rings is 2. The maximum atomic E-state index is 12.3. The number of aryl methyl sites for hydroxylation is 1. The van der Waals surface area contributed by atoms with Gasteiger partial charge in [0.05, 0.1) is 24.3 Å². The molecule has 1 aromatic heterocycles. The third kappa shape index (κ3) is 5.10. The van der Waals surface area contributed by atoms with Crippen molar-refractivity contribution in [2.75, 3.05) is 46.0 Å². The van der Waals surface area contributed by atoms with Gasteiger partial charge in [-0.05, 0) is 30.3 Å². The Labute approximate surface area is 180 Å². The van der Waals surface area contributed by atoms with Gasteiger partial charge in [-0.2, -0.15) is 5.10 Å². The van der Waals surface area contributed by atoms with Crippen molar-refractivity contribution >= 4 is 16.7 Å². The highest BCUT2D eigenvalue weighted by atomic mass is 16.5. The van der Waals surface area contributed by atoms with Crippen LogP contribution in [0, 0.1) is 0 Å². The first-order chi connectivity index (χ1) is 15.1. The fraction of sp³-hybridized carbons (Fsp3) is 0.348. The van der Waals surface area contributed by atoms with Gasteiger partial charge in [-0.3, -0.25) is 14.5 Å². The van der Waals surface area contributed by atoms with E-state index in [1.54, 1.807) is 25.2 Å². The van der Waals surface area contributed by atoms with Gasteiger partial charge in [0.2, 0.25) is 0 Å². The van der Waals surface area contributed by atoms with Gasteiger partial charge in [0.25, 0.3) is 11.5 Å². The van der Waals surface area contributed by atoms with Gasteiger partial charge in [0.1, 0.15) is 5.75 Å². The monoisotopic (exact) mass is 422 g/mol. The third-order valence-corrected chi connectivity index (χ3v) is 5.31. The number of carbonyl (C=O) groups excluding carboxylic acids is 1. The predicted octanol–water partition coefficient (Wildman–Crippen LogP) is 1.43. The molecule has 0 unspecified atom stereocenters. The van der Waals surface area contributed by atoms with E-state index in [9.17, 15) is 9.59 Å². The number of morpholine rings is 1. The number of hydrogen-bond donors (Lipinski definition) is 1. The Balaban J connectivity index is 1.35. The third-order valence-electron chi connectivity index (χ3n) is 5.31. The smallest absolute Gasteiger partial charge is 0.274 e. The highest BCUT2D eigenvalue weighted by Crippen LogP contribution is 2.26. The number of fused-ring (bicyclic) bond motifs is 1. The molecule has 0 aliphatic carbocycles. The number of ether oxygens (including phenoxy) is 2. The van der Waals surface area contributed by atoms with Crippen LogP contribution in [-0.2, 0) is 16.6 Å². The van der Waals surface area contributed by atoms with Crippen LogP contribution in [0.3, 0.4) is 0 Å². The van der Waals surface area contributed by atoms with E-state index in [2.05, 4.69) is 15.3 Å². The summed E-state index contributed by atoms with van der Waals surface area (Å²) < 4.78 is 12.3. The van der Waals surface area contributed by atoms with Crippen LogP contribution in [0.25, 0.3) is 22.0 Å². The summed E-state index contributed by atoms with van der Waals surface area (Å²) in [5, 5.41) is 8.75. The first kappa shape index (κ1) is 21.0. The van der Waals surface area contributed by atoms with Gasteiger partial charge >= 0.3 is 0 Å². The normalized spacial score (nSPS) is 14.5. The van der Waals surface area contributed by atoms with Crippen molar-refractivity contribution in [2.24, 2.45) is 7.05 Å². The molecule has 1 saturated heterocycles. The summed E-state index contributed by atoms with van der Waals surface area (Å²) in [6.45, 7) is 4.66. The second-order valence-corrected chi connectivity index (χ2v) is 7.44. The molecule has 4 rings (SSSR count). The lowest BCUT2D eigenvalue weighted by Crippen LogP contribution is -2.42. The highest BCUT2D eigenvalue weighted by molar-refractivity contribution is 5.93. The fourth-order valence-corrected chi connectivity index (χ4v) is 3.60. The standard InChI is InChI=1S/C23H26N4O4/c1-26-23(29)20-5-3-2-4-19(20)22(25-26)17-6-8-18(9-7-17)31-16-21(28)24-10-11-27-12-14-30-15-13-27/h2-9H,10-16H2,1H3,(H,24,28). The van der Waals surface area contributed by atoms with Crippen molar-refractivity contribution in [3.63, 3.8) is 0 Å². The molecule has 0 radical (unpaired) electrons. The number of nitrogens with one attached hydrogen (secondary N) is 1. The van der Waals surface area contributed by atoms with Gasteiger partial charge in [0, 0.05) is 44.2 Å². The lowest BCUT2D eigenvalue weighted by molar-refractivity contribution is -0.123. The fourth-order valence-electron chi connectivity index (χ4n) is 3.60. The van der Waals surface area contributed by atoms with E-state index < -0.39 is 0 Å². The largest absolute Gasteiger partial charge is 0.484 e. The molecule has 1 aliphatic heterocycles. The average Bonchev–Trinajstić information content (AvgIpc) is 2.81. The van der Waals surface area contributed by atoms with E-state index in [1.807, 2.05) is 30.3 Å². The van der Waals surface area contributed by atoms with Crippen molar-refractivity contribution in [3.05, 3.63) is 58.9 Å². The number of amides is 1. The van der Waals surface area contributed by atoms with Crippen LogP contribution in [0.4, 0.5) is 0 Å². The van der Waals surface area contributed by atoms with Gasteiger partial charge in [-0.25, -0.2) is 4.68 Å². The van der Waals surface area contributed by atoms with Crippen LogP contribution in [-0.4, -0.2) is 66.6 Å². The Morgan fingerprint density at radius 2 is 1.81 bits per heavy atom. The van der Waals surface area contributed by atoms with E-state index in [0.29, 0.717) is 17.7 Å². The molecule has 8 nitrogen and oxygen atoms in total. The van der Waals surface area contributed by atoms with Crippen LogP contribution < -0.4 is 15.6 Å². The van der Waals surface area contributed by atoms with E-state index in [-0.39, 0.29) is 18.1 Å². The highest BCUT2D eigenvalue weighted by Gasteiger charge is 2.12. The summed E-state index contributed by atoms with van der Waals surface area (Å²) >= 11 is 0. The summed E-state index contributed by atoms with van der Waals surface area (Å²) in [5.74, 6) is 0.448. The maximum Gasteiger partial charge on any atom is 0.274 e. The van der Waals surface area contributed by atoms with Crippen molar-refractivity contribution in [3.8, 4) is 17.0 Å². The molecular formula is C23H26N4O4. The van der Waals surface area contributed by atoms with Crippen LogP contribution in [0.15, 0.2) is 53.3 Å². The molecule has 1 amide bonds. The second kappa shape index (κ2) is 9.72. The number of carbonyl (C=O) groups is 1. The minimum Gasteiger partial charge on any atom is -0.484 e.